The first kappa shape index (κ1) is 20.8. The van der Waals surface area contributed by atoms with Gasteiger partial charge in [0.1, 0.15) is 5.52 Å². The summed E-state index contributed by atoms with van der Waals surface area (Å²) in [5, 5.41) is 11.2. The fraction of sp³-hybridized carbons (Fsp3) is 0.148. The minimum Gasteiger partial charge on any atom is -0.505 e. The molecule has 1 unspecified atom stereocenters. The lowest BCUT2D eigenvalue weighted by Crippen LogP contribution is -2.13. The molecule has 0 saturated carbocycles. The van der Waals surface area contributed by atoms with E-state index in [4.69, 9.17) is 20.4 Å². The zero-order valence-corrected chi connectivity index (χ0v) is 18.3. The van der Waals surface area contributed by atoms with Crippen LogP contribution in [-0.4, -0.2) is 33.7 Å². The molecule has 0 amide bonds. The van der Waals surface area contributed by atoms with Gasteiger partial charge < -0.3 is 15.6 Å². The molecule has 5 rings (SSSR count). The van der Waals surface area contributed by atoms with Crippen LogP contribution in [0.4, 0.5) is 0 Å². The molecule has 3 N–H and O–H groups in total. The van der Waals surface area contributed by atoms with Gasteiger partial charge in [0, 0.05) is 29.0 Å². The summed E-state index contributed by atoms with van der Waals surface area (Å²) in [6.07, 6.45) is 8.84. The van der Waals surface area contributed by atoms with Crippen molar-refractivity contribution in [3.05, 3.63) is 84.7 Å². The Balaban J connectivity index is 1.69. The first-order chi connectivity index (χ1) is 16.2. The van der Waals surface area contributed by atoms with E-state index in [1.165, 1.54) is 0 Å². The van der Waals surface area contributed by atoms with E-state index in [0.717, 1.165) is 34.5 Å². The monoisotopic (exact) mass is 436 g/mol. The van der Waals surface area contributed by atoms with Crippen molar-refractivity contribution in [1.29, 1.82) is 0 Å². The number of hydrogen-bond donors (Lipinski definition) is 2. The van der Waals surface area contributed by atoms with Crippen molar-refractivity contribution in [3.63, 3.8) is 0 Å². The number of aromatic hydroxyl groups is 1. The number of rotatable bonds is 5. The van der Waals surface area contributed by atoms with Crippen LogP contribution < -0.4 is 10.5 Å². The van der Waals surface area contributed by atoms with Crippen molar-refractivity contribution in [2.45, 2.75) is 6.42 Å². The predicted octanol–water partition coefficient (Wildman–Crippen LogP) is 4.99. The van der Waals surface area contributed by atoms with Gasteiger partial charge in [-0.2, -0.15) is 0 Å². The van der Waals surface area contributed by atoms with E-state index < -0.39 is 0 Å². The van der Waals surface area contributed by atoms with Gasteiger partial charge in [-0.1, -0.05) is 48.6 Å². The third-order valence-corrected chi connectivity index (χ3v) is 5.88. The summed E-state index contributed by atoms with van der Waals surface area (Å²) in [6.45, 7) is 0.606. The number of ether oxygens (including phenoxy) is 1. The number of phenolic OH excluding ortho intramolecular Hbond substituents is 1. The molecule has 33 heavy (non-hydrogen) atoms. The van der Waals surface area contributed by atoms with Crippen LogP contribution in [0.1, 0.15) is 12.1 Å². The van der Waals surface area contributed by atoms with Gasteiger partial charge in [-0.05, 0) is 42.7 Å². The van der Waals surface area contributed by atoms with Gasteiger partial charge in [-0.15, -0.1) is 0 Å². The summed E-state index contributed by atoms with van der Waals surface area (Å²) in [6, 6.07) is 17.3. The lowest BCUT2D eigenvalue weighted by atomic mass is 9.93. The highest BCUT2D eigenvalue weighted by Crippen LogP contribution is 2.38. The van der Waals surface area contributed by atoms with Crippen LogP contribution in [0.2, 0.25) is 0 Å². The molecule has 4 aromatic rings. The molecule has 6 heteroatoms. The summed E-state index contributed by atoms with van der Waals surface area (Å²) < 4.78 is 5.14. The Bertz CT molecular complexity index is 1360. The van der Waals surface area contributed by atoms with Crippen molar-refractivity contribution >= 4 is 16.6 Å². The van der Waals surface area contributed by atoms with Crippen molar-refractivity contribution in [2.75, 3.05) is 13.7 Å². The number of nitrogens with zero attached hydrogens (tertiary/aromatic N) is 3. The van der Waals surface area contributed by atoms with Crippen LogP contribution in [0.25, 0.3) is 39.0 Å². The number of allylic oxidation sites excluding steroid dienone is 3. The van der Waals surface area contributed by atoms with Gasteiger partial charge in [0.15, 0.2) is 5.75 Å². The number of methoxy groups -OCH3 is 1. The summed E-state index contributed by atoms with van der Waals surface area (Å²) >= 11 is 0. The highest BCUT2D eigenvalue weighted by atomic mass is 16.5. The smallest absolute Gasteiger partial charge is 0.212 e. The molecule has 0 spiro atoms. The van der Waals surface area contributed by atoms with Crippen LogP contribution in [0.3, 0.4) is 0 Å². The maximum Gasteiger partial charge on any atom is 0.212 e. The molecule has 0 bridgehead atoms. The second-order valence-electron chi connectivity index (χ2n) is 7.96. The molecule has 1 aliphatic rings. The summed E-state index contributed by atoms with van der Waals surface area (Å²) in [5.74, 6) is 0.915. The van der Waals surface area contributed by atoms with E-state index in [1.54, 1.807) is 19.4 Å². The molecule has 1 aliphatic carbocycles. The van der Waals surface area contributed by atoms with Crippen LogP contribution in [0.5, 0.6) is 11.6 Å². The van der Waals surface area contributed by atoms with Crippen molar-refractivity contribution in [2.24, 2.45) is 11.7 Å². The molecule has 2 heterocycles. The maximum absolute atomic E-state index is 11.2. The zero-order chi connectivity index (χ0) is 22.8. The predicted molar refractivity (Wildman–Crippen MR) is 131 cm³/mol. The molecule has 1 atom stereocenters. The molecule has 2 aromatic carbocycles. The Morgan fingerprint density at radius 1 is 1.00 bits per heavy atom. The Kier molecular flexibility index (Phi) is 5.59. The summed E-state index contributed by atoms with van der Waals surface area (Å²) in [4.78, 5) is 14.1. The van der Waals surface area contributed by atoms with E-state index >= 15 is 0 Å². The lowest BCUT2D eigenvalue weighted by molar-refractivity contribution is 0.398. The number of phenols is 1. The number of hydrogen-bond acceptors (Lipinski definition) is 6. The fourth-order valence-corrected chi connectivity index (χ4v) is 4.01. The maximum atomic E-state index is 11.2. The van der Waals surface area contributed by atoms with E-state index in [-0.39, 0.29) is 5.75 Å². The third-order valence-electron chi connectivity index (χ3n) is 5.88. The summed E-state index contributed by atoms with van der Waals surface area (Å²) in [5.41, 5.74) is 11.8. The second kappa shape index (κ2) is 8.84. The normalized spacial score (nSPS) is 15.5. The Hall–Kier alpha value is -4.03. The lowest BCUT2D eigenvalue weighted by Gasteiger charge is -2.17. The van der Waals surface area contributed by atoms with Crippen molar-refractivity contribution in [1.82, 2.24) is 15.0 Å². The molecular formula is C27H24N4O2. The van der Waals surface area contributed by atoms with Gasteiger partial charge in [-0.3, -0.25) is 0 Å². The van der Waals surface area contributed by atoms with Gasteiger partial charge in [-0.25, -0.2) is 15.0 Å². The first-order valence-corrected chi connectivity index (χ1v) is 10.9. The third kappa shape index (κ3) is 3.97. The molecule has 0 radical (unpaired) electrons. The number of benzene rings is 2. The van der Waals surface area contributed by atoms with Crippen LogP contribution >= 0.6 is 0 Å². The van der Waals surface area contributed by atoms with E-state index in [1.807, 2.05) is 48.5 Å². The fourth-order valence-electron chi connectivity index (χ4n) is 4.01. The van der Waals surface area contributed by atoms with Gasteiger partial charge in [0.05, 0.1) is 24.0 Å². The molecular weight excluding hydrogens is 412 g/mol. The topological polar surface area (TPSA) is 94.2 Å². The van der Waals surface area contributed by atoms with Gasteiger partial charge in [0.25, 0.3) is 0 Å². The number of nitrogens with two attached hydrogens (primary N) is 1. The standard InChI is InChI=1S/C27H24N4O2/c1-33-23-14-11-20(16-29-23)21-12-13-22-26(27(21)32)31-25(19-9-7-17(15-28)8-10-19)24(30-22)18-5-3-2-4-6-18/h2-7,9-14,16-17,32H,8,15,28H2,1H3. The van der Waals surface area contributed by atoms with Gasteiger partial charge in [0.2, 0.25) is 5.88 Å². The van der Waals surface area contributed by atoms with Crippen LogP contribution in [0.15, 0.2) is 79.0 Å². The molecule has 2 aromatic heterocycles. The Morgan fingerprint density at radius 3 is 2.52 bits per heavy atom. The Labute approximate surface area is 192 Å². The molecule has 0 aliphatic heterocycles. The molecule has 164 valence electrons. The minimum absolute atomic E-state index is 0.0769. The Morgan fingerprint density at radius 2 is 1.85 bits per heavy atom. The van der Waals surface area contributed by atoms with Gasteiger partial charge >= 0.3 is 0 Å². The SMILES string of the molecule is COc1ccc(-c2ccc3nc(-c4ccccc4)c(C4=CCC(CN)C=C4)nc3c2O)cn1. The van der Waals surface area contributed by atoms with E-state index in [0.29, 0.717) is 34.9 Å². The second-order valence-corrected chi connectivity index (χ2v) is 7.96. The minimum atomic E-state index is 0.0769. The average Bonchev–Trinajstić information content (AvgIpc) is 2.89. The quantitative estimate of drug-likeness (QED) is 0.458. The molecule has 0 saturated heterocycles. The largest absolute Gasteiger partial charge is 0.505 e. The van der Waals surface area contributed by atoms with Crippen molar-refractivity contribution in [3.8, 4) is 34.0 Å². The first-order valence-electron chi connectivity index (χ1n) is 10.9. The highest BCUT2D eigenvalue weighted by molar-refractivity contribution is 5.94. The average molecular weight is 437 g/mol. The van der Waals surface area contributed by atoms with Crippen LogP contribution in [0, 0.1) is 5.92 Å². The number of fused-ring (bicyclic) bond motifs is 1. The van der Waals surface area contributed by atoms with E-state index in [2.05, 4.69) is 23.2 Å². The highest BCUT2D eigenvalue weighted by Gasteiger charge is 2.19. The zero-order valence-electron chi connectivity index (χ0n) is 18.3. The summed E-state index contributed by atoms with van der Waals surface area (Å²) in [7, 11) is 1.57. The van der Waals surface area contributed by atoms with Crippen molar-refractivity contribution < 1.29 is 9.84 Å². The van der Waals surface area contributed by atoms with Crippen LogP contribution in [-0.2, 0) is 0 Å². The molecule has 6 nitrogen and oxygen atoms in total. The number of pyridine rings is 1. The van der Waals surface area contributed by atoms with E-state index in [9.17, 15) is 5.11 Å². The number of aromatic nitrogens is 3. The molecule has 0 fully saturated rings.